The van der Waals surface area contributed by atoms with Gasteiger partial charge in [-0.2, -0.15) is 0 Å². The van der Waals surface area contributed by atoms with Crippen molar-refractivity contribution < 1.29 is 4.74 Å². The van der Waals surface area contributed by atoms with Crippen LogP contribution in [0.1, 0.15) is 26.0 Å². The van der Waals surface area contributed by atoms with E-state index < -0.39 is 0 Å². The number of nitrogens with zero attached hydrogens (tertiary/aromatic N) is 1. The Morgan fingerprint density at radius 2 is 2.20 bits per heavy atom. The second-order valence-electron chi connectivity index (χ2n) is 3.95. The zero-order chi connectivity index (χ0) is 11.3. The molecule has 0 amide bonds. The number of hydrogen-bond donors (Lipinski definition) is 0. The molecule has 0 aliphatic rings. The third-order valence-corrected chi connectivity index (χ3v) is 3.17. The van der Waals surface area contributed by atoms with Gasteiger partial charge in [0, 0.05) is 11.6 Å². The molecule has 0 aromatic carbocycles. The molecule has 0 fully saturated rings. The molecule has 0 saturated carbocycles. The van der Waals surface area contributed by atoms with Crippen molar-refractivity contribution in [1.82, 2.24) is 4.98 Å². The van der Waals surface area contributed by atoms with Crippen LogP contribution < -0.4 is 4.74 Å². The molecular weight excluding hydrogens is 210 g/mol. The largest absolute Gasteiger partial charge is 0.495 e. The second-order valence-corrected chi connectivity index (χ2v) is 4.51. The smallest absolute Gasteiger partial charge is 0.140 e. The molecule has 1 aromatic heterocycles. The first kappa shape index (κ1) is 12.3. The minimum atomic E-state index is 0.205. The lowest BCUT2D eigenvalue weighted by molar-refractivity contribution is 0.405. The van der Waals surface area contributed by atoms with Crippen molar-refractivity contribution in [1.29, 1.82) is 0 Å². The van der Waals surface area contributed by atoms with Gasteiger partial charge in [-0.1, -0.05) is 13.8 Å². The van der Waals surface area contributed by atoms with Gasteiger partial charge in [0.25, 0.3) is 0 Å². The fourth-order valence-electron chi connectivity index (χ4n) is 1.40. The fourth-order valence-corrected chi connectivity index (χ4v) is 1.51. The zero-order valence-corrected chi connectivity index (χ0v) is 10.3. The van der Waals surface area contributed by atoms with E-state index in [1.165, 1.54) is 0 Å². The Kier molecular flexibility index (Phi) is 4.89. The van der Waals surface area contributed by atoms with E-state index in [0.29, 0.717) is 5.92 Å². The second kappa shape index (κ2) is 5.96. The first-order valence-electron chi connectivity index (χ1n) is 5.27. The maximum atomic E-state index is 6.19. The molecule has 1 heterocycles. The van der Waals surface area contributed by atoms with Gasteiger partial charge in [-0.05, 0) is 30.9 Å². The summed E-state index contributed by atoms with van der Waals surface area (Å²) < 4.78 is 5.23. The molecule has 1 aromatic rings. The Morgan fingerprint density at radius 3 is 2.80 bits per heavy atom. The van der Waals surface area contributed by atoms with E-state index in [1.54, 1.807) is 13.3 Å². The minimum Gasteiger partial charge on any atom is -0.495 e. The van der Waals surface area contributed by atoms with Gasteiger partial charge in [0.15, 0.2) is 0 Å². The van der Waals surface area contributed by atoms with Crippen LogP contribution in [0.4, 0.5) is 0 Å². The average Bonchev–Trinajstić information content (AvgIpc) is 2.26. The van der Waals surface area contributed by atoms with Crippen LogP contribution >= 0.6 is 11.6 Å². The highest BCUT2D eigenvalue weighted by atomic mass is 35.5. The maximum absolute atomic E-state index is 6.19. The molecule has 1 rings (SSSR count). The van der Waals surface area contributed by atoms with Crippen LogP contribution in [0.5, 0.6) is 5.75 Å². The molecule has 1 unspecified atom stereocenters. The zero-order valence-electron chi connectivity index (χ0n) is 9.53. The van der Waals surface area contributed by atoms with Gasteiger partial charge in [0.1, 0.15) is 5.75 Å². The Hall–Kier alpha value is -0.760. The predicted molar refractivity (Wildman–Crippen MR) is 63.6 cm³/mol. The lowest BCUT2D eigenvalue weighted by Gasteiger charge is -2.13. The van der Waals surface area contributed by atoms with Crippen molar-refractivity contribution >= 4 is 11.6 Å². The molecular formula is C12H18ClNO. The van der Waals surface area contributed by atoms with Gasteiger partial charge in [0.2, 0.25) is 0 Å². The van der Waals surface area contributed by atoms with E-state index in [2.05, 4.69) is 18.8 Å². The number of halogens is 1. The number of pyridine rings is 1. The van der Waals surface area contributed by atoms with Crippen molar-refractivity contribution in [3.05, 3.63) is 24.0 Å². The van der Waals surface area contributed by atoms with Crippen molar-refractivity contribution in [3.63, 3.8) is 0 Å². The Balaban J connectivity index is 2.57. The maximum Gasteiger partial charge on any atom is 0.140 e. The molecule has 0 aliphatic heterocycles. The van der Waals surface area contributed by atoms with Gasteiger partial charge < -0.3 is 4.74 Å². The van der Waals surface area contributed by atoms with Crippen LogP contribution in [0.2, 0.25) is 0 Å². The molecule has 0 bridgehead atoms. The molecule has 0 saturated heterocycles. The van der Waals surface area contributed by atoms with Gasteiger partial charge in [-0.25, -0.2) is 0 Å². The van der Waals surface area contributed by atoms with E-state index in [-0.39, 0.29) is 5.38 Å². The quantitative estimate of drug-likeness (QED) is 0.721. The van der Waals surface area contributed by atoms with Crippen LogP contribution in [0.3, 0.4) is 0 Å². The van der Waals surface area contributed by atoms with Gasteiger partial charge in [0.05, 0.1) is 12.8 Å². The Morgan fingerprint density at radius 1 is 1.47 bits per heavy atom. The summed E-state index contributed by atoms with van der Waals surface area (Å²) in [6, 6.07) is 3.81. The summed E-state index contributed by atoms with van der Waals surface area (Å²) in [5.74, 6) is 1.35. The lowest BCUT2D eigenvalue weighted by atomic mass is 10.0. The van der Waals surface area contributed by atoms with E-state index >= 15 is 0 Å². The number of methoxy groups -OCH3 is 1. The summed E-state index contributed by atoms with van der Waals surface area (Å²) >= 11 is 6.19. The summed E-state index contributed by atoms with van der Waals surface area (Å²) in [7, 11) is 1.67. The summed E-state index contributed by atoms with van der Waals surface area (Å²) in [5.41, 5.74) is 0.992. The van der Waals surface area contributed by atoms with Crippen molar-refractivity contribution in [2.24, 2.45) is 5.92 Å². The van der Waals surface area contributed by atoms with E-state index in [1.807, 2.05) is 12.1 Å². The summed E-state index contributed by atoms with van der Waals surface area (Å²) in [5, 5.41) is 0.205. The van der Waals surface area contributed by atoms with Gasteiger partial charge in [-0.15, -0.1) is 11.6 Å². The highest BCUT2D eigenvalue weighted by Gasteiger charge is 2.11. The van der Waals surface area contributed by atoms with E-state index in [9.17, 15) is 0 Å². The Bertz CT molecular complexity index is 301. The molecule has 1 atom stereocenters. The molecule has 15 heavy (non-hydrogen) atoms. The number of rotatable bonds is 5. The number of aromatic nitrogens is 1. The highest BCUT2D eigenvalue weighted by molar-refractivity contribution is 6.20. The van der Waals surface area contributed by atoms with Gasteiger partial charge in [-0.3, -0.25) is 4.98 Å². The third kappa shape index (κ3) is 3.71. The summed E-state index contributed by atoms with van der Waals surface area (Å²) in [6.07, 6.45) is 3.60. The first-order chi connectivity index (χ1) is 7.15. The molecule has 84 valence electrons. The van der Waals surface area contributed by atoms with Crippen LogP contribution in [0.25, 0.3) is 0 Å². The predicted octanol–water partition coefficient (Wildman–Crippen LogP) is 3.29. The number of hydrogen-bond acceptors (Lipinski definition) is 2. The van der Waals surface area contributed by atoms with E-state index in [0.717, 1.165) is 24.3 Å². The first-order valence-corrected chi connectivity index (χ1v) is 5.70. The molecule has 0 aliphatic carbocycles. The standard InChI is InChI=1S/C12H18ClNO/c1-9(2)10(13)6-7-11-12(15-3)5-4-8-14-11/h4-5,8-10H,6-7H2,1-3H3. The normalized spacial score (nSPS) is 12.9. The van der Waals surface area contributed by atoms with Gasteiger partial charge >= 0.3 is 0 Å². The molecule has 0 radical (unpaired) electrons. The van der Waals surface area contributed by atoms with E-state index in [4.69, 9.17) is 16.3 Å². The third-order valence-electron chi connectivity index (χ3n) is 2.45. The average molecular weight is 228 g/mol. The SMILES string of the molecule is COc1cccnc1CCC(Cl)C(C)C. The van der Waals surface area contributed by atoms with Crippen LogP contribution in [-0.2, 0) is 6.42 Å². The summed E-state index contributed by atoms with van der Waals surface area (Å²) in [6.45, 7) is 4.26. The number of alkyl halides is 1. The lowest BCUT2D eigenvalue weighted by Crippen LogP contribution is -2.09. The van der Waals surface area contributed by atoms with Crippen molar-refractivity contribution in [3.8, 4) is 5.75 Å². The number of aryl methyl sites for hydroxylation is 1. The van der Waals surface area contributed by atoms with Crippen LogP contribution in [-0.4, -0.2) is 17.5 Å². The van der Waals surface area contributed by atoms with Crippen molar-refractivity contribution in [2.45, 2.75) is 32.1 Å². The molecule has 0 N–H and O–H groups in total. The minimum absolute atomic E-state index is 0.205. The van der Waals surface area contributed by atoms with Crippen LogP contribution in [0.15, 0.2) is 18.3 Å². The Labute approximate surface area is 96.6 Å². The highest BCUT2D eigenvalue weighted by Crippen LogP contribution is 2.20. The van der Waals surface area contributed by atoms with Crippen molar-refractivity contribution in [2.75, 3.05) is 7.11 Å². The topological polar surface area (TPSA) is 22.1 Å². The molecule has 2 nitrogen and oxygen atoms in total. The number of ether oxygens (including phenoxy) is 1. The van der Waals surface area contributed by atoms with Crippen LogP contribution in [0, 0.1) is 5.92 Å². The monoisotopic (exact) mass is 227 g/mol. The fraction of sp³-hybridized carbons (Fsp3) is 0.583. The molecule has 3 heteroatoms. The molecule has 0 spiro atoms. The summed E-state index contributed by atoms with van der Waals surface area (Å²) in [4.78, 5) is 4.30.